The van der Waals surface area contributed by atoms with E-state index in [0.717, 1.165) is 36.5 Å². The molecule has 1 aliphatic rings. The highest BCUT2D eigenvalue weighted by atomic mass is 32.1. The van der Waals surface area contributed by atoms with Gasteiger partial charge in [0.1, 0.15) is 12.4 Å². The quantitative estimate of drug-likeness (QED) is 0.717. The minimum absolute atomic E-state index is 0.0679. The molecule has 0 fully saturated rings. The van der Waals surface area contributed by atoms with Crippen molar-refractivity contribution in [3.63, 3.8) is 0 Å². The largest absolute Gasteiger partial charge is 0.492 e. The molecule has 3 aromatic rings. The number of benzene rings is 2. The first-order chi connectivity index (χ1) is 13.7. The molecule has 0 unspecified atom stereocenters. The summed E-state index contributed by atoms with van der Waals surface area (Å²) >= 11 is 1.66. The van der Waals surface area contributed by atoms with E-state index in [1.165, 1.54) is 10.4 Å². The zero-order chi connectivity index (χ0) is 19.3. The van der Waals surface area contributed by atoms with Crippen LogP contribution < -0.4 is 10.1 Å². The van der Waals surface area contributed by atoms with E-state index in [9.17, 15) is 4.79 Å². The fraction of sp³-hybridized carbons (Fsp3) is 0.273. The average molecular weight is 394 g/mol. The van der Waals surface area contributed by atoms with Crippen LogP contribution in [0.3, 0.4) is 0 Å². The minimum atomic E-state index is -0.0679. The molecule has 0 aliphatic carbocycles. The second-order valence-electron chi connectivity index (χ2n) is 7.02. The number of carbonyl (C=O) groups excluding carboxylic acids is 1. The molecule has 0 spiro atoms. The molecule has 0 saturated carbocycles. The zero-order valence-electron chi connectivity index (χ0n) is 15.9. The first-order valence-electron chi connectivity index (χ1n) is 9.36. The second-order valence-corrected chi connectivity index (χ2v) is 7.99. The molecular formula is C22H23N3O2S. The maximum absolute atomic E-state index is 12.6. The number of thiazole rings is 1. The summed E-state index contributed by atoms with van der Waals surface area (Å²) in [4.78, 5) is 20.3. The molecule has 2 aromatic carbocycles. The number of rotatable bonds is 5. The molecule has 144 valence electrons. The van der Waals surface area contributed by atoms with E-state index >= 15 is 0 Å². The Morgan fingerprint density at radius 1 is 1.25 bits per heavy atom. The lowest BCUT2D eigenvalue weighted by molar-refractivity contribution is 0.0950. The molecule has 28 heavy (non-hydrogen) atoms. The number of fused-ring (bicyclic) bond motifs is 1. The first kappa shape index (κ1) is 18.7. The van der Waals surface area contributed by atoms with Crippen LogP contribution in [0.2, 0.25) is 0 Å². The summed E-state index contributed by atoms with van der Waals surface area (Å²) in [5, 5.41) is 3.00. The van der Waals surface area contributed by atoms with Crippen molar-refractivity contribution >= 4 is 17.2 Å². The molecule has 1 aliphatic heterocycles. The third-order valence-electron chi connectivity index (χ3n) is 4.82. The fourth-order valence-electron chi connectivity index (χ4n) is 3.26. The van der Waals surface area contributed by atoms with Crippen molar-refractivity contribution in [2.24, 2.45) is 0 Å². The molecule has 4 rings (SSSR count). The molecule has 1 aromatic heterocycles. The standard InChI is InChI=1S/C22H23N3O2S/c1-16-2-4-17(5-3-16)11-24-22(26)18-6-7-21-19(10-18)13-25(8-9-27-21)14-20-12-23-15-28-20/h2-7,10,12,15H,8-9,11,13-14H2,1H3,(H,24,26). The summed E-state index contributed by atoms with van der Waals surface area (Å²) in [6.07, 6.45) is 1.91. The van der Waals surface area contributed by atoms with Crippen LogP contribution in [0.5, 0.6) is 5.75 Å². The summed E-state index contributed by atoms with van der Waals surface area (Å²) in [6.45, 7) is 5.67. The summed E-state index contributed by atoms with van der Waals surface area (Å²) in [5.41, 5.74) is 5.87. The van der Waals surface area contributed by atoms with Gasteiger partial charge in [-0.15, -0.1) is 11.3 Å². The number of hydrogen-bond acceptors (Lipinski definition) is 5. The van der Waals surface area contributed by atoms with Gasteiger partial charge in [0.15, 0.2) is 0 Å². The second kappa shape index (κ2) is 8.54. The van der Waals surface area contributed by atoms with Gasteiger partial charge in [-0.25, -0.2) is 0 Å². The van der Waals surface area contributed by atoms with Crippen LogP contribution in [-0.2, 0) is 19.6 Å². The Hall–Kier alpha value is -2.70. The van der Waals surface area contributed by atoms with Crippen molar-refractivity contribution in [1.82, 2.24) is 15.2 Å². The molecule has 0 saturated heterocycles. The molecule has 0 radical (unpaired) electrons. The topological polar surface area (TPSA) is 54.5 Å². The van der Waals surface area contributed by atoms with E-state index in [1.54, 1.807) is 11.3 Å². The number of ether oxygens (including phenoxy) is 1. The highest BCUT2D eigenvalue weighted by molar-refractivity contribution is 7.09. The van der Waals surface area contributed by atoms with Gasteiger partial charge in [-0.1, -0.05) is 29.8 Å². The van der Waals surface area contributed by atoms with Crippen LogP contribution in [0.25, 0.3) is 0 Å². The van der Waals surface area contributed by atoms with Gasteiger partial charge >= 0.3 is 0 Å². The Labute approximate surface area is 169 Å². The van der Waals surface area contributed by atoms with E-state index in [1.807, 2.05) is 42.0 Å². The number of aryl methyl sites for hydroxylation is 1. The van der Waals surface area contributed by atoms with Gasteiger partial charge in [0.05, 0.1) is 5.51 Å². The van der Waals surface area contributed by atoms with Crippen molar-refractivity contribution in [2.75, 3.05) is 13.2 Å². The molecule has 1 N–H and O–H groups in total. The molecule has 0 atom stereocenters. The smallest absolute Gasteiger partial charge is 0.251 e. The summed E-state index contributed by atoms with van der Waals surface area (Å²) in [5.74, 6) is 0.795. The summed E-state index contributed by atoms with van der Waals surface area (Å²) in [7, 11) is 0. The van der Waals surface area contributed by atoms with Crippen LogP contribution in [0.4, 0.5) is 0 Å². The van der Waals surface area contributed by atoms with E-state index in [-0.39, 0.29) is 5.91 Å². The van der Waals surface area contributed by atoms with Crippen LogP contribution in [0, 0.1) is 6.92 Å². The van der Waals surface area contributed by atoms with Gasteiger partial charge in [0, 0.05) is 48.4 Å². The van der Waals surface area contributed by atoms with Gasteiger partial charge in [-0.2, -0.15) is 0 Å². The fourth-order valence-corrected chi connectivity index (χ4v) is 3.89. The van der Waals surface area contributed by atoms with Crippen LogP contribution in [0.15, 0.2) is 54.2 Å². The Morgan fingerprint density at radius 3 is 2.89 bits per heavy atom. The van der Waals surface area contributed by atoms with Crippen molar-refractivity contribution in [1.29, 1.82) is 0 Å². The zero-order valence-corrected chi connectivity index (χ0v) is 16.7. The number of carbonyl (C=O) groups is 1. The van der Waals surface area contributed by atoms with Crippen LogP contribution in [0.1, 0.15) is 31.9 Å². The highest BCUT2D eigenvalue weighted by Crippen LogP contribution is 2.25. The summed E-state index contributed by atoms with van der Waals surface area (Å²) < 4.78 is 5.89. The Morgan fingerprint density at radius 2 is 2.11 bits per heavy atom. The van der Waals surface area contributed by atoms with Crippen molar-refractivity contribution in [3.05, 3.63) is 81.3 Å². The van der Waals surface area contributed by atoms with Gasteiger partial charge in [-0.3, -0.25) is 14.7 Å². The lowest BCUT2D eigenvalue weighted by atomic mass is 10.1. The molecule has 1 amide bonds. The summed E-state index contributed by atoms with van der Waals surface area (Å²) in [6, 6.07) is 13.9. The molecule has 6 heteroatoms. The molecule has 5 nitrogen and oxygen atoms in total. The maximum atomic E-state index is 12.6. The Bertz CT molecular complexity index is 939. The minimum Gasteiger partial charge on any atom is -0.492 e. The Balaban J connectivity index is 1.43. The van der Waals surface area contributed by atoms with Gasteiger partial charge in [0.2, 0.25) is 0 Å². The average Bonchev–Trinajstić information content (AvgIpc) is 3.12. The first-order valence-corrected chi connectivity index (χ1v) is 10.2. The molecule has 0 bridgehead atoms. The van der Waals surface area contributed by atoms with E-state index in [0.29, 0.717) is 18.7 Å². The number of aromatic nitrogens is 1. The number of nitrogens with one attached hydrogen (secondary N) is 1. The van der Waals surface area contributed by atoms with Crippen molar-refractivity contribution < 1.29 is 9.53 Å². The van der Waals surface area contributed by atoms with Crippen molar-refractivity contribution in [2.45, 2.75) is 26.6 Å². The molecular weight excluding hydrogens is 370 g/mol. The van der Waals surface area contributed by atoms with Crippen LogP contribution in [-0.4, -0.2) is 28.9 Å². The number of amides is 1. The lowest BCUT2D eigenvalue weighted by Crippen LogP contribution is -2.25. The van der Waals surface area contributed by atoms with Crippen molar-refractivity contribution in [3.8, 4) is 5.75 Å². The SMILES string of the molecule is Cc1ccc(CNC(=O)c2ccc3c(c2)CN(Cc2cncs2)CCO3)cc1. The third kappa shape index (κ3) is 4.58. The van der Waals surface area contributed by atoms with Gasteiger partial charge in [-0.05, 0) is 30.7 Å². The maximum Gasteiger partial charge on any atom is 0.251 e. The molecule has 2 heterocycles. The van der Waals surface area contributed by atoms with E-state index in [2.05, 4.69) is 34.3 Å². The van der Waals surface area contributed by atoms with E-state index in [4.69, 9.17) is 4.74 Å². The number of nitrogens with zero attached hydrogens (tertiary/aromatic N) is 2. The Kier molecular flexibility index (Phi) is 5.69. The van der Waals surface area contributed by atoms with Gasteiger partial charge < -0.3 is 10.1 Å². The predicted octanol–water partition coefficient (Wildman–Crippen LogP) is 3.78. The van der Waals surface area contributed by atoms with E-state index < -0.39 is 0 Å². The van der Waals surface area contributed by atoms with Gasteiger partial charge in [0.25, 0.3) is 5.91 Å². The lowest BCUT2D eigenvalue weighted by Gasteiger charge is -2.18. The highest BCUT2D eigenvalue weighted by Gasteiger charge is 2.18. The number of hydrogen-bond donors (Lipinski definition) is 1. The predicted molar refractivity (Wildman–Crippen MR) is 111 cm³/mol. The monoisotopic (exact) mass is 393 g/mol. The normalized spacial score (nSPS) is 14.0. The third-order valence-corrected chi connectivity index (χ3v) is 5.58. The van der Waals surface area contributed by atoms with Crippen LogP contribution >= 0.6 is 11.3 Å².